The van der Waals surface area contributed by atoms with Crippen molar-refractivity contribution in [1.29, 1.82) is 0 Å². The minimum absolute atomic E-state index is 0.164. The summed E-state index contributed by atoms with van der Waals surface area (Å²) in [7, 11) is 2.04. The summed E-state index contributed by atoms with van der Waals surface area (Å²) in [5.41, 5.74) is 1.06. The van der Waals surface area contributed by atoms with E-state index in [9.17, 15) is 0 Å². The van der Waals surface area contributed by atoms with Crippen LogP contribution in [-0.2, 0) is 4.74 Å². The smallest absolute Gasteiger partial charge is 0.169 e. The molecule has 3 rings (SSSR count). The molecule has 0 aliphatic carbocycles. The molecule has 1 aromatic heterocycles. The summed E-state index contributed by atoms with van der Waals surface area (Å²) in [6.45, 7) is 7.93. The van der Waals surface area contributed by atoms with Crippen LogP contribution in [0.2, 0.25) is 0 Å². The second-order valence-electron chi connectivity index (χ2n) is 6.35. The minimum atomic E-state index is 0.164. The maximum Gasteiger partial charge on any atom is 0.169 e. The van der Waals surface area contributed by atoms with Crippen LogP contribution >= 0.6 is 23.6 Å². The number of ether oxygens (including phenoxy) is 1. The molecule has 136 valence electrons. The van der Waals surface area contributed by atoms with Crippen LogP contribution in [0, 0.1) is 0 Å². The van der Waals surface area contributed by atoms with E-state index >= 15 is 0 Å². The van der Waals surface area contributed by atoms with Crippen LogP contribution in [0.15, 0.2) is 24.3 Å². The molecule has 7 heteroatoms. The standard InChI is InChI=1S/C18H26N4OS2/c1-14(17-20-15-6-3-4-7-16(15)25-17)21(2)18(24)19-8-5-9-22-10-12-23-13-11-22/h3-4,6-7,14H,5,8-13H2,1-2H3,(H,19,24)/t14-/m1/s1. The number of nitrogens with one attached hydrogen (secondary N) is 1. The van der Waals surface area contributed by atoms with Crippen molar-refractivity contribution >= 4 is 38.9 Å². The SMILES string of the molecule is C[C@H](c1nc2ccccc2s1)N(C)C(=S)NCCCN1CCOCC1. The van der Waals surface area contributed by atoms with Crippen molar-refractivity contribution in [2.24, 2.45) is 0 Å². The van der Waals surface area contributed by atoms with Crippen LogP contribution < -0.4 is 5.32 Å². The molecule has 1 aliphatic heterocycles. The summed E-state index contributed by atoms with van der Waals surface area (Å²) < 4.78 is 6.60. The molecule has 1 saturated heterocycles. The number of aromatic nitrogens is 1. The highest BCUT2D eigenvalue weighted by Crippen LogP contribution is 2.28. The average molecular weight is 379 g/mol. The number of fused-ring (bicyclic) bond motifs is 1. The number of hydrogen-bond donors (Lipinski definition) is 1. The first-order chi connectivity index (χ1) is 12.1. The molecule has 2 heterocycles. The van der Waals surface area contributed by atoms with Gasteiger partial charge in [0.2, 0.25) is 0 Å². The summed E-state index contributed by atoms with van der Waals surface area (Å²) >= 11 is 7.30. The molecule has 0 unspecified atom stereocenters. The molecule has 1 aliphatic rings. The van der Waals surface area contributed by atoms with Crippen molar-refractivity contribution in [3.05, 3.63) is 29.3 Å². The molecule has 0 spiro atoms. The lowest BCUT2D eigenvalue weighted by Gasteiger charge is -2.28. The first kappa shape index (κ1) is 18.5. The molecule has 0 radical (unpaired) electrons. The number of benzene rings is 1. The molecule has 1 aromatic carbocycles. The van der Waals surface area contributed by atoms with Gasteiger partial charge in [-0.2, -0.15) is 0 Å². The second-order valence-corrected chi connectivity index (χ2v) is 7.80. The van der Waals surface area contributed by atoms with Crippen molar-refractivity contribution in [3.8, 4) is 0 Å². The summed E-state index contributed by atoms with van der Waals surface area (Å²) in [6.07, 6.45) is 1.09. The predicted molar refractivity (Wildman–Crippen MR) is 108 cm³/mol. The van der Waals surface area contributed by atoms with Crippen molar-refractivity contribution in [2.75, 3.05) is 46.4 Å². The van der Waals surface area contributed by atoms with E-state index in [1.807, 2.05) is 13.1 Å². The Labute approximate surface area is 159 Å². The molecule has 5 nitrogen and oxygen atoms in total. The fraction of sp³-hybridized carbons (Fsp3) is 0.556. The molecule has 1 fully saturated rings. The van der Waals surface area contributed by atoms with Gasteiger partial charge in [0.15, 0.2) is 5.11 Å². The molecule has 0 amide bonds. The topological polar surface area (TPSA) is 40.6 Å². The lowest BCUT2D eigenvalue weighted by Crippen LogP contribution is -2.41. The van der Waals surface area contributed by atoms with Crippen molar-refractivity contribution in [3.63, 3.8) is 0 Å². The Bertz CT molecular complexity index is 666. The predicted octanol–water partition coefficient (Wildman–Crippen LogP) is 2.89. The van der Waals surface area contributed by atoms with Crippen LogP contribution in [0.1, 0.15) is 24.4 Å². The molecule has 1 N–H and O–H groups in total. The molecular formula is C18H26N4OS2. The van der Waals surface area contributed by atoms with E-state index < -0.39 is 0 Å². The maximum atomic E-state index is 5.56. The number of para-hydroxylation sites is 1. The molecule has 2 aromatic rings. The highest BCUT2D eigenvalue weighted by Gasteiger charge is 2.18. The first-order valence-corrected chi connectivity index (χ1v) is 10.0. The molecule has 0 bridgehead atoms. The van der Waals surface area contributed by atoms with E-state index in [-0.39, 0.29) is 6.04 Å². The quantitative estimate of drug-likeness (QED) is 0.616. The van der Waals surface area contributed by atoms with Gasteiger partial charge in [-0.25, -0.2) is 4.98 Å². The van der Waals surface area contributed by atoms with Crippen LogP contribution in [0.3, 0.4) is 0 Å². The van der Waals surface area contributed by atoms with Crippen LogP contribution in [0.5, 0.6) is 0 Å². The maximum absolute atomic E-state index is 5.56. The Hall–Kier alpha value is -1.28. The summed E-state index contributed by atoms with van der Waals surface area (Å²) in [5.74, 6) is 0. The Balaban J connectivity index is 1.46. The van der Waals surface area contributed by atoms with Crippen molar-refractivity contribution < 1.29 is 4.74 Å². The van der Waals surface area contributed by atoms with Gasteiger partial charge in [-0.15, -0.1) is 11.3 Å². The summed E-state index contributed by atoms with van der Waals surface area (Å²) in [6, 6.07) is 8.42. The fourth-order valence-corrected chi connectivity index (χ4v) is 4.18. The molecule has 1 atom stereocenters. The van der Waals surface area contributed by atoms with Gasteiger partial charge in [0.05, 0.1) is 29.5 Å². The number of rotatable bonds is 6. The van der Waals surface area contributed by atoms with E-state index in [0.29, 0.717) is 0 Å². The van der Waals surface area contributed by atoms with Crippen molar-refractivity contribution in [1.82, 2.24) is 20.1 Å². The Kier molecular flexibility index (Phi) is 6.58. The van der Waals surface area contributed by atoms with Crippen LogP contribution in [0.4, 0.5) is 0 Å². The minimum Gasteiger partial charge on any atom is -0.379 e. The van der Waals surface area contributed by atoms with E-state index in [4.69, 9.17) is 21.9 Å². The number of morpholine rings is 1. The average Bonchev–Trinajstić information content (AvgIpc) is 3.09. The van der Waals surface area contributed by atoms with Gasteiger partial charge in [0.1, 0.15) is 5.01 Å². The lowest BCUT2D eigenvalue weighted by atomic mass is 10.3. The Morgan fingerprint density at radius 3 is 2.92 bits per heavy atom. The van der Waals surface area contributed by atoms with Crippen molar-refractivity contribution in [2.45, 2.75) is 19.4 Å². The zero-order valence-corrected chi connectivity index (χ0v) is 16.5. The number of thiocarbonyl (C=S) groups is 1. The Morgan fingerprint density at radius 1 is 1.40 bits per heavy atom. The number of nitrogens with zero attached hydrogens (tertiary/aromatic N) is 3. The molecule has 25 heavy (non-hydrogen) atoms. The van der Waals surface area contributed by atoms with E-state index in [1.165, 1.54) is 4.70 Å². The van der Waals surface area contributed by atoms with Crippen LogP contribution in [0.25, 0.3) is 10.2 Å². The number of hydrogen-bond acceptors (Lipinski definition) is 5. The lowest BCUT2D eigenvalue weighted by molar-refractivity contribution is 0.0376. The van der Waals surface area contributed by atoms with Gasteiger partial charge in [0, 0.05) is 26.7 Å². The molecule has 0 saturated carbocycles. The highest BCUT2D eigenvalue weighted by molar-refractivity contribution is 7.80. The molecular weight excluding hydrogens is 352 g/mol. The van der Waals surface area contributed by atoms with Gasteiger partial charge >= 0.3 is 0 Å². The van der Waals surface area contributed by atoms with Crippen LogP contribution in [-0.4, -0.2) is 66.3 Å². The monoisotopic (exact) mass is 378 g/mol. The van der Waals surface area contributed by atoms with Gasteiger partial charge in [-0.05, 0) is 44.2 Å². The van der Waals surface area contributed by atoms with Gasteiger partial charge in [-0.1, -0.05) is 12.1 Å². The fourth-order valence-electron chi connectivity index (χ4n) is 2.86. The summed E-state index contributed by atoms with van der Waals surface area (Å²) in [5, 5.41) is 5.27. The first-order valence-electron chi connectivity index (χ1n) is 8.81. The largest absolute Gasteiger partial charge is 0.379 e. The zero-order valence-electron chi connectivity index (χ0n) is 14.9. The van der Waals surface area contributed by atoms with Gasteiger partial charge < -0.3 is 15.0 Å². The normalized spacial score (nSPS) is 16.7. The third-order valence-corrected chi connectivity index (χ3v) is 6.24. The Morgan fingerprint density at radius 2 is 2.16 bits per heavy atom. The zero-order chi connectivity index (χ0) is 17.6. The third-order valence-electron chi connectivity index (χ3n) is 4.60. The van der Waals surface area contributed by atoms with Gasteiger partial charge in [0.25, 0.3) is 0 Å². The second kappa shape index (κ2) is 8.89. The summed E-state index contributed by atoms with van der Waals surface area (Å²) in [4.78, 5) is 9.29. The van der Waals surface area contributed by atoms with E-state index in [0.717, 1.165) is 61.5 Å². The highest BCUT2D eigenvalue weighted by atomic mass is 32.1. The van der Waals surface area contributed by atoms with E-state index in [1.54, 1.807) is 11.3 Å². The van der Waals surface area contributed by atoms with Gasteiger partial charge in [-0.3, -0.25) is 4.90 Å². The third kappa shape index (κ3) is 4.88. The van der Waals surface area contributed by atoms with E-state index in [2.05, 4.69) is 40.2 Å². The number of thiazole rings is 1.